The number of aryl methyl sites for hydroxylation is 3. The van der Waals surface area contributed by atoms with Crippen molar-refractivity contribution in [3.8, 4) is 0 Å². The lowest BCUT2D eigenvalue weighted by molar-refractivity contribution is -0.134. The van der Waals surface area contributed by atoms with Crippen LogP contribution >= 0.6 is 0 Å². The zero-order valence-corrected chi connectivity index (χ0v) is 11.9. The molecule has 0 radical (unpaired) electrons. The Morgan fingerprint density at radius 1 is 1.37 bits per heavy atom. The lowest BCUT2D eigenvalue weighted by Crippen LogP contribution is -2.47. The second-order valence-corrected chi connectivity index (χ2v) is 5.16. The van der Waals surface area contributed by atoms with E-state index in [0.29, 0.717) is 19.7 Å². The Labute approximate surface area is 114 Å². The first-order valence-electron chi connectivity index (χ1n) is 6.74. The van der Waals surface area contributed by atoms with Crippen LogP contribution in [0, 0.1) is 20.8 Å². The summed E-state index contributed by atoms with van der Waals surface area (Å²) >= 11 is 0. The van der Waals surface area contributed by atoms with E-state index in [1.807, 2.05) is 0 Å². The van der Waals surface area contributed by atoms with Gasteiger partial charge in [-0.25, -0.2) is 0 Å². The first-order chi connectivity index (χ1) is 9.08. The van der Waals surface area contributed by atoms with Gasteiger partial charge in [0.05, 0.1) is 6.61 Å². The molecule has 4 nitrogen and oxygen atoms in total. The third kappa shape index (κ3) is 3.55. The van der Waals surface area contributed by atoms with Gasteiger partial charge in [0.1, 0.15) is 6.10 Å². The molecule has 1 aliphatic heterocycles. The number of amides is 1. The van der Waals surface area contributed by atoms with Gasteiger partial charge in [0.2, 0.25) is 0 Å². The molecule has 0 aromatic heterocycles. The summed E-state index contributed by atoms with van der Waals surface area (Å²) in [4.78, 5) is 12.0. The van der Waals surface area contributed by atoms with E-state index in [-0.39, 0.29) is 12.0 Å². The Kier molecular flexibility index (Phi) is 4.56. The molecule has 1 aromatic carbocycles. The topological polar surface area (TPSA) is 50.4 Å². The number of carbonyl (C=O) groups is 1. The molecule has 4 heteroatoms. The lowest BCUT2D eigenvalue weighted by atomic mass is 10.00. The van der Waals surface area contributed by atoms with Gasteiger partial charge in [-0.2, -0.15) is 0 Å². The fourth-order valence-electron chi connectivity index (χ4n) is 2.51. The van der Waals surface area contributed by atoms with Crippen molar-refractivity contribution in [2.45, 2.75) is 33.4 Å². The van der Waals surface area contributed by atoms with Gasteiger partial charge in [0, 0.05) is 19.6 Å². The Morgan fingerprint density at radius 3 is 2.63 bits per heavy atom. The summed E-state index contributed by atoms with van der Waals surface area (Å²) in [7, 11) is 0. The standard InChI is InChI=1S/C15H22N2O2/c1-10-6-11(2)13(12(3)7-10)8-17-15(18)14-9-16-4-5-19-14/h6-7,14,16H,4-5,8-9H2,1-3H3,(H,17,18). The van der Waals surface area contributed by atoms with Crippen molar-refractivity contribution in [1.29, 1.82) is 0 Å². The van der Waals surface area contributed by atoms with Gasteiger partial charge in [0.15, 0.2) is 0 Å². The minimum absolute atomic E-state index is 0.0356. The molecular weight excluding hydrogens is 240 g/mol. The molecule has 1 heterocycles. The van der Waals surface area contributed by atoms with Crippen LogP contribution in [0.2, 0.25) is 0 Å². The van der Waals surface area contributed by atoms with E-state index in [1.165, 1.54) is 22.3 Å². The molecule has 0 saturated carbocycles. The van der Waals surface area contributed by atoms with Crippen LogP contribution in [-0.2, 0) is 16.1 Å². The van der Waals surface area contributed by atoms with Crippen molar-refractivity contribution in [2.75, 3.05) is 19.7 Å². The highest BCUT2D eigenvalue weighted by atomic mass is 16.5. The van der Waals surface area contributed by atoms with Crippen molar-refractivity contribution in [3.05, 3.63) is 34.4 Å². The summed E-state index contributed by atoms with van der Waals surface area (Å²) in [5.41, 5.74) is 4.90. The van der Waals surface area contributed by atoms with Gasteiger partial charge in [-0.1, -0.05) is 17.7 Å². The number of ether oxygens (including phenoxy) is 1. The summed E-state index contributed by atoms with van der Waals surface area (Å²) in [6.07, 6.45) is -0.361. The molecule has 1 aromatic rings. The van der Waals surface area contributed by atoms with E-state index in [4.69, 9.17) is 4.74 Å². The number of morpholine rings is 1. The molecule has 1 aliphatic rings. The molecular formula is C15H22N2O2. The molecule has 1 saturated heterocycles. The second kappa shape index (κ2) is 6.17. The SMILES string of the molecule is Cc1cc(C)c(CNC(=O)C2CNCCO2)c(C)c1. The number of hydrogen-bond acceptors (Lipinski definition) is 3. The molecule has 0 aliphatic carbocycles. The van der Waals surface area contributed by atoms with Crippen LogP contribution in [0.4, 0.5) is 0 Å². The van der Waals surface area contributed by atoms with Crippen LogP contribution in [0.3, 0.4) is 0 Å². The summed E-state index contributed by atoms with van der Waals surface area (Å²) in [6, 6.07) is 4.29. The lowest BCUT2D eigenvalue weighted by Gasteiger charge is -2.23. The van der Waals surface area contributed by atoms with Crippen LogP contribution < -0.4 is 10.6 Å². The van der Waals surface area contributed by atoms with Crippen molar-refractivity contribution in [1.82, 2.24) is 10.6 Å². The van der Waals surface area contributed by atoms with Crippen LogP contribution in [0.25, 0.3) is 0 Å². The second-order valence-electron chi connectivity index (χ2n) is 5.16. The highest BCUT2D eigenvalue weighted by Crippen LogP contribution is 2.16. The molecule has 1 fully saturated rings. The largest absolute Gasteiger partial charge is 0.366 e. The third-order valence-corrected chi connectivity index (χ3v) is 3.50. The highest BCUT2D eigenvalue weighted by Gasteiger charge is 2.21. The van der Waals surface area contributed by atoms with Crippen molar-refractivity contribution >= 4 is 5.91 Å². The maximum absolute atomic E-state index is 12.0. The van der Waals surface area contributed by atoms with E-state index in [2.05, 4.69) is 43.5 Å². The Hall–Kier alpha value is -1.39. The number of carbonyl (C=O) groups excluding carboxylic acids is 1. The summed E-state index contributed by atoms with van der Waals surface area (Å²) < 4.78 is 5.43. The molecule has 2 rings (SSSR count). The molecule has 1 unspecified atom stereocenters. The van der Waals surface area contributed by atoms with Crippen LogP contribution in [0.5, 0.6) is 0 Å². The molecule has 0 bridgehead atoms. The predicted molar refractivity (Wildman–Crippen MR) is 75.1 cm³/mol. The third-order valence-electron chi connectivity index (χ3n) is 3.50. The van der Waals surface area contributed by atoms with Crippen molar-refractivity contribution < 1.29 is 9.53 Å². The van der Waals surface area contributed by atoms with E-state index in [1.54, 1.807) is 0 Å². The summed E-state index contributed by atoms with van der Waals surface area (Å²) in [5.74, 6) is -0.0356. The molecule has 104 valence electrons. The zero-order chi connectivity index (χ0) is 13.8. The molecule has 0 spiro atoms. The van der Waals surface area contributed by atoms with Crippen LogP contribution in [0.15, 0.2) is 12.1 Å². The van der Waals surface area contributed by atoms with Crippen LogP contribution in [-0.4, -0.2) is 31.7 Å². The molecule has 1 atom stereocenters. The van der Waals surface area contributed by atoms with Crippen molar-refractivity contribution in [3.63, 3.8) is 0 Å². The fourth-order valence-corrected chi connectivity index (χ4v) is 2.51. The predicted octanol–water partition coefficient (Wildman–Crippen LogP) is 1.22. The smallest absolute Gasteiger partial charge is 0.250 e. The summed E-state index contributed by atoms with van der Waals surface area (Å²) in [6.45, 7) is 8.83. The molecule has 2 N–H and O–H groups in total. The number of nitrogens with one attached hydrogen (secondary N) is 2. The minimum Gasteiger partial charge on any atom is -0.366 e. The van der Waals surface area contributed by atoms with Gasteiger partial charge in [0.25, 0.3) is 5.91 Å². The fraction of sp³-hybridized carbons (Fsp3) is 0.533. The quantitative estimate of drug-likeness (QED) is 0.861. The Balaban J connectivity index is 1.96. The van der Waals surface area contributed by atoms with Gasteiger partial charge in [-0.3, -0.25) is 4.79 Å². The van der Waals surface area contributed by atoms with Gasteiger partial charge < -0.3 is 15.4 Å². The number of rotatable bonds is 3. The minimum atomic E-state index is -0.361. The summed E-state index contributed by atoms with van der Waals surface area (Å²) in [5, 5.41) is 6.12. The normalized spacial score (nSPS) is 19.2. The highest BCUT2D eigenvalue weighted by molar-refractivity contribution is 5.81. The molecule has 19 heavy (non-hydrogen) atoms. The Bertz CT molecular complexity index is 442. The van der Waals surface area contributed by atoms with E-state index >= 15 is 0 Å². The van der Waals surface area contributed by atoms with Gasteiger partial charge >= 0.3 is 0 Å². The Morgan fingerprint density at radius 2 is 2.05 bits per heavy atom. The maximum Gasteiger partial charge on any atom is 0.250 e. The van der Waals surface area contributed by atoms with E-state index in [9.17, 15) is 4.79 Å². The zero-order valence-electron chi connectivity index (χ0n) is 11.9. The van der Waals surface area contributed by atoms with Crippen LogP contribution in [0.1, 0.15) is 22.3 Å². The molecule has 1 amide bonds. The first-order valence-corrected chi connectivity index (χ1v) is 6.74. The maximum atomic E-state index is 12.0. The van der Waals surface area contributed by atoms with E-state index < -0.39 is 0 Å². The first kappa shape index (κ1) is 14.0. The monoisotopic (exact) mass is 262 g/mol. The number of benzene rings is 1. The number of hydrogen-bond donors (Lipinski definition) is 2. The average molecular weight is 262 g/mol. The van der Waals surface area contributed by atoms with Gasteiger partial charge in [-0.05, 0) is 37.5 Å². The van der Waals surface area contributed by atoms with Gasteiger partial charge in [-0.15, -0.1) is 0 Å². The average Bonchev–Trinajstić information content (AvgIpc) is 2.38. The van der Waals surface area contributed by atoms with E-state index in [0.717, 1.165) is 6.54 Å². The van der Waals surface area contributed by atoms with Crippen molar-refractivity contribution in [2.24, 2.45) is 0 Å².